The summed E-state index contributed by atoms with van der Waals surface area (Å²) in [6.07, 6.45) is 6.97. The van der Waals surface area contributed by atoms with Gasteiger partial charge in [0.2, 0.25) is 0 Å². The van der Waals surface area contributed by atoms with Crippen LogP contribution < -0.4 is 0 Å². The predicted octanol–water partition coefficient (Wildman–Crippen LogP) is 6.71. The number of esters is 1. The zero-order valence-corrected chi connectivity index (χ0v) is 16.7. The molecule has 0 N–H and O–H groups in total. The first-order valence-electron chi connectivity index (χ1n) is 9.17. The molecule has 1 heterocycles. The van der Waals surface area contributed by atoms with Crippen LogP contribution in [0.4, 0.5) is 0 Å². The lowest BCUT2D eigenvalue weighted by Crippen LogP contribution is -2.30. The third-order valence-corrected chi connectivity index (χ3v) is 7.32. The SMILES string of the molecule is Cc1cc2ccccc2[s+]1-c1cccc(C(=O)OC(C)(C)C2=CC=CC2)c1. The minimum absolute atomic E-state index is 0.130. The molecule has 0 amide bonds. The number of ether oxygens (including phenoxy) is 1. The molecule has 0 fully saturated rings. The second-order valence-corrected chi connectivity index (χ2v) is 9.52. The van der Waals surface area contributed by atoms with Gasteiger partial charge in [-0.15, -0.1) is 0 Å². The Morgan fingerprint density at radius 1 is 1.07 bits per heavy atom. The fourth-order valence-corrected chi connectivity index (χ4v) is 5.80. The molecule has 2 aromatic carbocycles. The summed E-state index contributed by atoms with van der Waals surface area (Å²) in [4.78, 5) is 15.3. The van der Waals surface area contributed by atoms with E-state index in [0.29, 0.717) is 5.56 Å². The lowest BCUT2D eigenvalue weighted by molar-refractivity contribution is 0.0129. The van der Waals surface area contributed by atoms with Gasteiger partial charge in [-0.1, -0.05) is 36.4 Å². The van der Waals surface area contributed by atoms with Crippen LogP contribution >= 0.6 is 10.5 Å². The second-order valence-electron chi connectivity index (χ2n) is 7.35. The second kappa shape index (κ2) is 6.82. The molecule has 0 saturated carbocycles. The Hall–Kier alpha value is -2.65. The largest absolute Gasteiger partial charge is 0.452 e. The molecule has 1 aromatic heterocycles. The molecule has 0 spiro atoms. The monoisotopic (exact) mass is 375 g/mol. The minimum Gasteiger partial charge on any atom is -0.452 e. The number of benzene rings is 2. The van der Waals surface area contributed by atoms with E-state index in [1.807, 2.05) is 44.2 Å². The van der Waals surface area contributed by atoms with Crippen LogP contribution in [0.1, 0.15) is 35.5 Å². The van der Waals surface area contributed by atoms with Crippen molar-refractivity contribution in [1.82, 2.24) is 0 Å². The molecule has 0 aliphatic heterocycles. The highest BCUT2D eigenvalue weighted by atomic mass is 32.2. The number of hydrogen-bond acceptors (Lipinski definition) is 2. The van der Waals surface area contributed by atoms with E-state index in [9.17, 15) is 4.79 Å². The van der Waals surface area contributed by atoms with Crippen molar-refractivity contribution in [1.29, 1.82) is 0 Å². The van der Waals surface area contributed by atoms with Crippen molar-refractivity contribution in [3.63, 3.8) is 0 Å². The standard InChI is InChI=1S/C24H23O2S/c1-17-15-18-9-4-7-14-22(18)27(17)21-13-8-10-19(16-21)23(25)26-24(2,3)20-11-5-6-12-20/h4-11,13-16H,12H2,1-3H3/q+1. The van der Waals surface area contributed by atoms with E-state index in [0.717, 1.165) is 16.9 Å². The van der Waals surface area contributed by atoms with Gasteiger partial charge in [0.05, 0.1) is 5.56 Å². The van der Waals surface area contributed by atoms with Crippen molar-refractivity contribution >= 4 is 26.5 Å². The number of thiophene rings is 1. The van der Waals surface area contributed by atoms with E-state index in [1.165, 1.54) is 15.0 Å². The van der Waals surface area contributed by atoms with Crippen molar-refractivity contribution in [2.24, 2.45) is 0 Å². The van der Waals surface area contributed by atoms with Crippen LogP contribution in [0.15, 0.2) is 78.4 Å². The van der Waals surface area contributed by atoms with Crippen LogP contribution in [0.25, 0.3) is 15.0 Å². The Labute approximate surface area is 162 Å². The molecule has 1 unspecified atom stereocenters. The number of carbonyl (C=O) groups is 1. The van der Waals surface area contributed by atoms with Gasteiger partial charge in [-0.05, 0) is 50.1 Å². The maximum Gasteiger partial charge on any atom is 0.339 e. The topological polar surface area (TPSA) is 26.3 Å². The van der Waals surface area contributed by atoms with Gasteiger partial charge >= 0.3 is 5.97 Å². The van der Waals surface area contributed by atoms with E-state index in [1.54, 1.807) is 0 Å². The zero-order valence-electron chi connectivity index (χ0n) is 15.9. The first-order valence-corrected chi connectivity index (χ1v) is 10.4. The van der Waals surface area contributed by atoms with Gasteiger partial charge in [0, 0.05) is 34.9 Å². The highest BCUT2D eigenvalue weighted by Crippen LogP contribution is 2.43. The molecule has 0 saturated heterocycles. The van der Waals surface area contributed by atoms with E-state index >= 15 is 0 Å². The van der Waals surface area contributed by atoms with Gasteiger partial charge in [-0.25, -0.2) is 4.79 Å². The quantitative estimate of drug-likeness (QED) is 0.374. The number of hydrogen-bond donors (Lipinski definition) is 0. The molecule has 3 aromatic rings. The summed E-state index contributed by atoms with van der Waals surface area (Å²) in [6, 6.07) is 18.6. The van der Waals surface area contributed by atoms with E-state index in [2.05, 4.69) is 49.4 Å². The Balaban J connectivity index is 1.66. The molecule has 136 valence electrons. The van der Waals surface area contributed by atoms with E-state index in [-0.39, 0.29) is 16.4 Å². The lowest BCUT2D eigenvalue weighted by atomic mass is 9.97. The normalized spacial score (nSPS) is 14.5. The number of carbonyl (C=O) groups excluding carboxylic acids is 1. The Morgan fingerprint density at radius 2 is 1.89 bits per heavy atom. The maximum atomic E-state index is 12.8. The molecule has 3 heteroatoms. The van der Waals surface area contributed by atoms with E-state index in [4.69, 9.17) is 4.74 Å². The highest BCUT2D eigenvalue weighted by molar-refractivity contribution is 7.45. The average Bonchev–Trinajstić information content (AvgIpc) is 3.29. The summed E-state index contributed by atoms with van der Waals surface area (Å²) in [7, 11) is -0.130. The van der Waals surface area contributed by atoms with Gasteiger partial charge in [0.25, 0.3) is 0 Å². The molecule has 2 nitrogen and oxygen atoms in total. The number of aryl methyl sites for hydroxylation is 1. The molecule has 1 aliphatic rings. The van der Waals surface area contributed by atoms with Gasteiger partial charge < -0.3 is 4.74 Å². The molecule has 27 heavy (non-hydrogen) atoms. The van der Waals surface area contributed by atoms with Crippen molar-refractivity contribution in [2.45, 2.75) is 32.8 Å². The summed E-state index contributed by atoms with van der Waals surface area (Å²) < 4.78 is 7.19. The summed E-state index contributed by atoms with van der Waals surface area (Å²) in [5.74, 6) is -0.271. The Morgan fingerprint density at radius 3 is 2.67 bits per heavy atom. The fourth-order valence-electron chi connectivity index (χ4n) is 3.55. The van der Waals surface area contributed by atoms with E-state index < -0.39 is 5.60 Å². The molecular formula is C24H23O2S+. The Kier molecular flexibility index (Phi) is 4.48. The number of rotatable bonds is 4. The van der Waals surface area contributed by atoms with Gasteiger partial charge in [0.1, 0.15) is 5.60 Å². The van der Waals surface area contributed by atoms with Crippen LogP contribution in [0.5, 0.6) is 0 Å². The summed E-state index contributed by atoms with van der Waals surface area (Å²) >= 11 is 0. The molecule has 1 aliphatic carbocycles. The van der Waals surface area contributed by atoms with Crippen molar-refractivity contribution in [3.8, 4) is 4.90 Å². The van der Waals surface area contributed by atoms with Crippen LogP contribution in [0.2, 0.25) is 0 Å². The molecule has 0 radical (unpaired) electrons. The number of fused-ring (bicyclic) bond motifs is 1. The third kappa shape index (κ3) is 3.35. The average molecular weight is 376 g/mol. The zero-order chi connectivity index (χ0) is 19.0. The van der Waals surface area contributed by atoms with Crippen LogP contribution in [0.3, 0.4) is 0 Å². The van der Waals surface area contributed by atoms with Gasteiger partial charge in [-0.3, -0.25) is 0 Å². The molecule has 0 bridgehead atoms. The third-order valence-electron chi connectivity index (χ3n) is 5.02. The van der Waals surface area contributed by atoms with Crippen LogP contribution in [-0.2, 0) is 4.74 Å². The van der Waals surface area contributed by atoms with Crippen molar-refractivity contribution in [2.75, 3.05) is 0 Å². The smallest absolute Gasteiger partial charge is 0.339 e. The summed E-state index contributed by atoms with van der Waals surface area (Å²) in [5, 5.41) is 1.27. The first kappa shape index (κ1) is 17.7. The van der Waals surface area contributed by atoms with Gasteiger partial charge in [0.15, 0.2) is 14.5 Å². The predicted molar refractivity (Wildman–Crippen MR) is 114 cm³/mol. The van der Waals surface area contributed by atoms with Crippen LogP contribution in [0, 0.1) is 6.92 Å². The first-order chi connectivity index (χ1) is 13.0. The highest BCUT2D eigenvalue weighted by Gasteiger charge is 2.29. The molecule has 1 atom stereocenters. The van der Waals surface area contributed by atoms with Gasteiger partial charge in [-0.2, -0.15) is 0 Å². The molecule has 4 rings (SSSR count). The van der Waals surface area contributed by atoms with Crippen molar-refractivity contribution in [3.05, 3.63) is 88.8 Å². The summed E-state index contributed by atoms with van der Waals surface area (Å²) in [6.45, 7) is 6.07. The molecular weight excluding hydrogens is 352 g/mol. The lowest BCUT2D eigenvalue weighted by Gasteiger charge is -2.26. The number of allylic oxidation sites excluding steroid dienone is 3. The summed E-state index contributed by atoms with van der Waals surface area (Å²) in [5.41, 5.74) is 1.13. The Bertz CT molecular complexity index is 1080. The maximum absolute atomic E-state index is 12.8. The fraction of sp³-hybridized carbons (Fsp3) is 0.208. The minimum atomic E-state index is -0.603. The van der Waals surface area contributed by atoms with Crippen molar-refractivity contribution < 1.29 is 9.53 Å². The van der Waals surface area contributed by atoms with Crippen LogP contribution in [-0.4, -0.2) is 11.6 Å².